The lowest BCUT2D eigenvalue weighted by Gasteiger charge is -2.12. The second-order valence-corrected chi connectivity index (χ2v) is 6.30. The number of anilines is 3. The number of phenolic OH excluding ortho intramolecular Hbond substituents is 1. The van der Waals surface area contributed by atoms with E-state index in [0.29, 0.717) is 34.2 Å². The molecule has 0 saturated heterocycles. The van der Waals surface area contributed by atoms with Crippen molar-refractivity contribution in [2.75, 3.05) is 17.7 Å². The van der Waals surface area contributed by atoms with Gasteiger partial charge < -0.3 is 15.7 Å². The molecule has 0 unspecified atom stereocenters. The van der Waals surface area contributed by atoms with Crippen LogP contribution in [0.2, 0.25) is 0 Å². The van der Waals surface area contributed by atoms with Crippen LogP contribution in [0.15, 0.2) is 60.8 Å². The standard InChI is InChI=1S/C20H16F3N5O/c1-24-19-27-16-11-25-18(26-13-5-7-15(29)8-6-13)10-17(16)28(19)14-4-2-3-12(9-14)20(21,22)23/h2-11,29H,1H3,(H,24,27)(H,25,26). The number of aromatic hydroxyl groups is 1. The number of nitrogens with one attached hydrogen (secondary N) is 2. The molecule has 0 fully saturated rings. The number of pyridine rings is 1. The smallest absolute Gasteiger partial charge is 0.416 e. The van der Waals surface area contributed by atoms with Crippen LogP contribution in [0.5, 0.6) is 5.75 Å². The molecule has 0 bridgehead atoms. The van der Waals surface area contributed by atoms with Crippen LogP contribution in [-0.4, -0.2) is 26.7 Å². The van der Waals surface area contributed by atoms with Crippen molar-refractivity contribution in [2.24, 2.45) is 0 Å². The van der Waals surface area contributed by atoms with E-state index in [2.05, 4.69) is 20.6 Å². The predicted octanol–water partition coefficient (Wildman–Crippen LogP) is 4.93. The minimum absolute atomic E-state index is 0.139. The van der Waals surface area contributed by atoms with Crippen LogP contribution in [0.1, 0.15) is 5.56 Å². The Hall–Kier alpha value is -3.75. The number of rotatable bonds is 4. The number of hydrogen-bond acceptors (Lipinski definition) is 5. The Kier molecular flexibility index (Phi) is 4.50. The first-order valence-corrected chi connectivity index (χ1v) is 8.65. The average molecular weight is 399 g/mol. The maximum Gasteiger partial charge on any atom is 0.416 e. The Morgan fingerprint density at radius 3 is 2.48 bits per heavy atom. The summed E-state index contributed by atoms with van der Waals surface area (Å²) in [6, 6.07) is 13.2. The number of alkyl halides is 3. The lowest BCUT2D eigenvalue weighted by atomic mass is 10.2. The van der Waals surface area contributed by atoms with Crippen molar-refractivity contribution >= 4 is 28.5 Å². The molecule has 2 aromatic carbocycles. The molecule has 148 valence electrons. The first kappa shape index (κ1) is 18.6. The minimum atomic E-state index is -4.45. The number of halogens is 3. The van der Waals surface area contributed by atoms with Gasteiger partial charge in [-0.25, -0.2) is 9.97 Å². The third kappa shape index (κ3) is 3.66. The molecular weight excluding hydrogens is 383 g/mol. The second kappa shape index (κ2) is 7.01. The molecule has 2 heterocycles. The van der Waals surface area contributed by atoms with Crippen molar-refractivity contribution in [3.8, 4) is 11.4 Å². The van der Waals surface area contributed by atoms with Gasteiger partial charge >= 0.3 is 6.18 Å². The van der Waals surface area contributed by atoms with Crippen LogP contribution < -0.4 is 10.6 Å². The Balaban J connectivity index is 1.81. The van der Waals surface area contributed by atoms with E-state index in [9.17, 15) is 18.3 Å². The van der Waals surface area contributed by atoms with Crippen molar-refractivity contribution in [3.63, 3.8) is 0 Å². The highest BCUT2D eigenvalue weighted by atomic mass is 19.4. The van der Waals surface area contributed by atoms with Gasteiger partial charge in [-0.2, -0.15) is 13.2 Å². The van der Waals surface area contributed by atoms with E-state index in [1.807, 2.05) is 0 Å². The highest BCUT2D eigenvalue weighted by Crippen LogP contribution is 2.33. The van der Waals surface area contributed by atoms with E-state index in [1.54, 1.807) is 42.1 Å². The number of imidazole rings is 1. The lowest BCUT2D eigenvalue weighted by Crippen LogP contribution is -2.07. The highest BCUT2D eigenvalue weighted by molar-refractivity contribution is 5.83. The lowest BCUT2D eigenvalue weighted by molar-refractivity contribution is -0.137. The van der Waals surface area contributed by atoms with E-state index >= 15 is 0 Å². The van der Waals surface area contributed by atoms with Gasteiger partial charge in [-0.1, -0.05) is 6.07 Å². The van der Waals surface area contributed by atoms with E-state index in [1.165, 1.54) is 18.2 Å². The quantitative estimate of drug-likeness (QED) is 0.424. The predicted molar refractivity (Wildman–Crippen MR) is 105 cm³/mol. The Morgan fingerprint density at radius 1 is 1.03 bits per heavy atom. The Morgan fingerprint density at radius 2 is 1.79 bits per heavy atom. The molecule has 0 aliphatic carbocycles. The topological polar surface area (TPSA) is 75.0 Å². The average Bonchev–Trinajstić information content (AvgIpc) is 3.07. The van der Waals surface area contributed by atoms with Crippen molar-refractivity contribution in [2.45, 2.75) is 6.18 Å². The van der Waals surface area contributed by atoms with Crippen LogP contribution in [0.3, 0.4) is 0 Å². The van der Waals surface area contributed by atoms with Gasteiger partial charge in [-0.3, -0.25) is 4.57 Å². The molecule has 0 aliphatic rings. The molecule has 0 saturated carbocycles. The van der Waals surface area contributed by atoms with Gasteiger partial charge in [0.25, 0.3) is 0 Å². The summed E-state index contributed by atoms with van der Waals surface area (Å²) >= 11 is 0. The molecule has 0 aliphatic heterocycles. The molecular formula is C20H16F3N5O. The zero-order chi connectivity index (χ0) is 20.6. The normalized spacial score (nSPS) is 11.6. The number of benzene rings is 2. The Bertz CT molecular complexity index is 1170. The van der Waals surface area contributed by atoms with Crippen LogP contribution in [-0.2, 0) is 6.18 Å². The summed E-state index contributed by atoms with van der Waals surface area (Å²) in [7, 11) is 1.65. The monoisotopic (exact) mass is 399 g/mol. The minimum Gasteiger partial charge on any atom is -0.508 e. The summed E-state index contributed by atoms with van der Waals surface area (Å²) < 4.78 is 41.1. The molecule has 0 atom stereocenters. The number of nitrogens with zero attached hydrogens (tertiary/aromatic N) is 3. The van der Waals surface area contributed by atoms with Crippen molar-refractivity contribution in [3.05, 3.63) is 66.4 Å². The fourth-order valence-corrected chi connectivity index (χ4v) is 2.99. The van der Waals surface area contributed by atoms with Crippen LogP contribution in [0.4, 0.5) is 30.6 Å². The summed E-state index contributed by atoms with van der Waals surface area (Å²) in [5.74, 6) is 1.02. The highest BCUT2D eigenvalue weighted by Gasteiger charge is 2.30. The fraction of sp³-hybridized carbons (Fsp3) is 0.100. The zero-order valence-corrected chi connectivity index (χ0v) is 15.2. The van der Waals surface area contributed by atoms with E-state index in [-0.39, 0.29) is 5.75 Å². The SMILES string of the molecule is CNc1nc2cnc(Nc3ccc(O)cc3)cc2n1-c1cccc(C(F)(F)F)c1. The van der Waals surface area contributed by atoms with Crippen LogP contribution in [0, 0.1) is 0 Å². The number of aromatic nitrogens is 3. The summed E-state index contributed by atoms with van der Waals surface area (Å²) in [5.41, 5.74) is 1.41. The Labute approximate surface area is 163 Å². The second-order valence-electron chi connectivity index (χ2n) is 6.30. The van der Waals surface area contributed by atoms with Crippen molar-refractivity contribution < 1.29 is 18.3 Å². The van der Waals surface area contributed by atoms with E-state index in [4.69, 9.17) is 0 Å². The molecule has 29 heavy (non-hydrogen) atoms. The molecule has 2 aromatic heterocycles. The molecule has 0 amide bonds. The summed E-state index contributed by atoms with van der Waals surface area (Å²) in [6.45, 7) is 0. The van der Waals surface area contributed by atoms with Gasteiger partial charge in [0, 0.05) is 24.5 Å². The fourth-order valence-electron chi connectivity index (χ4n) is 2.99. The van der Waals surface area contributed by atoms with Gasteiger partial charge in [0.05, 0.1) is 17.3 Å². The first-order chi connectivity index (χ1) is 13.8. The summed E-state index contributed by atoms with van der Waals surface area (Å²) in [4.78, 5) is 8.71. The first-order valence-electron chi connectivity index (χ1n) is 8.65. The van der Waals surface area contributed by atoms with Crippen LogP contribution >= 0.6 is 0 Å². The third-order valence-electron chi connectivity index (χ3n) is 4.34. The van der Waals surface area contributed by atoms with Crippen molar-refractivity contribution in [1.82, 2.24) is 14.5 Å². The number of fused-ring (bicyclic) bond motifs is 1. The molecule has 0 spiro atoms. The molecule has 4 rings (SSSR count). The third-order valence-corrected chi connectivity index (χ3v) is 4.34. The number of hydrogen-bond donors (Lipinski definition) is 3. The summed E-state index contributed by atoms with van der Waals surface area (Å²) in [6.07, 6.45) is -2.90. The largest absolute Gasteiger partial charge is 0.508 e. The van der Waals surface area contributed by atoms with Crippen LogP contribution in [0.25, 0.3) is 16.7 Å². The number of phenols is 1. The van der Waals surface area contributed by atoms with Gasteiger partial charge in [0.15, 0.2) is 0 Å². The zero-order valence-electron chi connectivity index (χ0n) is 15.2. The van der Waals surface area contributed by atoms with Gasteiger partial charge in [0.1, 0.15) is 17.1 Å². The van der Waals surface area contributed by atoms with Gasteiger partial charge in [-0.15, -0.1) is 0 Å². The van der Waals surface area contributed by atoms with Gasteiger partial charge in [0.2, 0.25) is 5.95 Å². The molecule has 3 N–H and O–H groups in total. The molecule has 4 aromatic rings. The van der Waals surface area contributed by atoms with E-state index in [0.717, 1.165) is 12.1 Å². The maximum absolute atomic E-state index is 13.2. The van der Waals surface area contributed by atoms with Gasteiger partial charge in [-0.05, 0) is 42.5 Å². The molecule has 0 radical (unpaired) electrons. The van der Waals surface area contributed by atoms with E-state index < -0.39 is 11.7 Å². The maximum atomic E-state index is 13.2. The molecule has 9 heteroatoms. The van der Waals surface area contributed by atoms with Crippen molar-refractivity contribution in [1.29, 1.82) is 0 Å². The molecule has 6 nitrogen and oxygen atoms in total. The summed E-state index contributed by atoms with van der Waals surface area (Å²) in [5, 5.41) is 15.4.